The molecule has 13 heavy (non-hydrogen) atoms. The van der Waals surface area contributed by atoms with Crippen molar-refractivity contribution in [1.29, 1.82) is 0 Å². The minimum Gasteiger partial charge on any atom is -0.493 e. The Hall–Kier alpha value is -1.46. The molecular weight excluding hydrogens is 162 g/mol. The van der Waals surface area contributed by atoms with Gasteiger partial charge in [0.1, 0.15) is 5.75 Å². The van der Waals surface area contributed by atoms with Gasteiger partial charge in [0.15, 0.2) is 0 Å². The largest absolute Gasteiger partial charge is 0.493 e. The summed E-state index contributed by atoms with van der Waals surface area (Å²) in [7, 11) is 0. The van der Waals surface area contributed by atoms with Crippen LogP contribution in [0.25, 0.3) is 0 Å². The Bertz CT molecular complexity index is 365. The van der Waals surface area contributed by atoms with Gasteiger partial charge in [-0.05, 0) is 12.1 Å². The van der Waals surface area contributed by atoms with E-state index in [1.165, 1.54) is 0 Å². The Morgan fingerprint density at radius 3 is 3.15 bits per heavy atom. The first-order valence-corrected chi connectivity index (χ1v) is 4.30. The molecule has 1 aromatic carbocycles. The fourth-order valence-electron chi connectivity index (χ4n) is 1.51. The van der Waals surface area contributed by atoms with E-state index in [1.807, 2.05) is 18.2 Å². The van der Waals surface area contributed by atoms with Crippen molar-refractivity contribution < 1.29 is 4.74 Å². The maximum absolute atomic E-state index is 5.91. The summed E-state index contributed by atoms with van der Waals surface area (Å²) in [5.41, 5.74) is 7.81. The smallest absolute Gasteiger partial charge is 0.125 e. The molecule has 0 fully saturated rings. The van der Waals surface area contributed by atoms with E-state index in [-0.39, 0.29) is 6.04 Å². The summed E-state index contributed by atoms with van der Waals surface area (Å²) in [6.45, 7) is 0.683. The van der Waals surface area contributed by atoms with E-state index < -0.39 is 0 Å². The molecular formula is C11H11NO. The Labute approximate surface area is 77.7 Å². The molecule has 0 bridgehead atoms. The highest BCUT2D eigenvalue weighted by molar-refractivity contribution is 5.45. The van der Waals surface area contributed by atoms with Crippen LogP contribution in [-0.2, 0) is 0 Å². The molecule has 2 rings (SSSR count). The van der Waals surface area contributed by atoms with Gasteiger partial charge in [0.2, 0.25) is 0 Å². The zero-order valence-electron chi connectivity index (χ0n) is 7.29. The first-order valence-electron chi connectivity index (χ1n) is 4.30. The second-order valence-corrected chi connectivity index (χ2v) is 3.14. The van der Waals surface area contributed by atoms with E-state index in [9.17, 15) is 0 Å². The van der Waals surface area contributed by atoms with Crippen LogP contribution in [-0.4, -0.2) is 6.61 Å². The van der Waals surface area contributed by atoms with Gasteiger partial charge < -0.3 is 10.5 Å². The second-order valence-electron chi connectivity index (χ2n) is 3.14. The molecule has 1 atom stereocenters. The van der Waals surface area contributed by atoms with Crippen LogP contribution in [0.3, 0.4) is 0 Å². The van der Waals surface area contributed by atoms with Crippen LogP contribution in [0.4, 0.5) is 0 Å². The first kappa shape index (κ1) is 8.15. The zero-order chi connectivity index (χ0) is 9.26. The van der Waals surface area contributed by atoms with Gasteiger partial charge in [-0.3, -0.25) is 0 Å². The third-order valence-electron chi connectivity index (χ3n) is 2.27. The van der Waals surface area contributed by atoms with E-state index >= 15 is 0 Å². The highest BCUT2D eigenvalue weighted by Gasteiger charge is 2.17. The van der Waals surface area contributed by atoms with Crippen LogP contribution >= 0.6 is 0 Å². The maximum Gasteiger partial charge on any atom is 0.125 e. The molecule has 2 N–H and O–H groups in total. The maximum atomic E-state index is 5.91. The minimum atomic E-state index is 0.0931. The van der Waals surface area contributed by atoms with Crippen LogP contribution in [0.5, 0.6) is 5.75 Å². The Morgan fingerprint density at radius 1 is 1.54 bits per heavy atom. The predicted molar refractivity (Wildman–Crippen MR) is 51.4 cm³/mol. The normalized spacial score (nSPS) is 19.8. The average molecular weight is 173 g/mol. The molecule has 1 aromatic rings. The summed E-state index contributed by atoms with van der Waals surface area (Å²) < 4.78 is 5.46. The molecule has 0 amide bonds. The number of rotatable bonds is 0. The van der Waals surface area contributed by atoms with Crippen molar-refractivity contribution in [2.75, 3.05) is 6.61 Å². The second kappa shape index (κ2) is 3.12. The minimum absolute atomic E-state index is 0.0931. The van der Waals surface area contributed by atoms with E-state index in [2.05, 4.69) is 5.92 Å². The predicted octanol–water partition coefficient (Wildman–Crippen LogP) is 1.45. The molecule has 1 aliphatic rings. The van der Waals surface area contributed by atoms with Gasteiger partial charge in [-0.15, -0.1) is 6.42 Å². The quantitative estimate of drug-likeness (QED) is 0.603. The lowest BCUT2D eigenvalue weighted by Crippen LogP contribution is -2.20. The number of nitrogens with two attached hydrogens (primary N) is 1. The van der Waals surface area contributed by atoms with E-state index in [0.717, 1.165) is 23.3 Å². The highest BCUT2D eigenvalue weighted by atomic mass is 16.5. The van der Waals surface area contributed by atoms with Gasteiger partial charge in [-0.2, -0.15) is 0 Å². The SMILES string of the molecule is C#Cc1ccc2c(c1)OCC[C@@H]2N. The summed E-state index contributed by atoms with van der Waals surface area (Å²) in [6, 6.07) is 5.81. The third-order valence-corrected chi connectivity index (χ3v) is 2.27. The summed E-state index contributed by atoms with van der Waals surface area (Å²) in [5, 5.41) is 0. The number of benzene rings is 1. The van der Waals surface area contributed by atoms with E-state index in [0.29, 0.717) is 6.61 Å². The van der Waals surface area contributed by atoms with Crippen molar-refractivity contribution in [2.24, 2.45) is 5.73 Å². The van der Waals surface area contributed by atoms with Gasteiger partial charge in [0, 0.05) is 23.6 Å². The first-order chi connectivity index (χ1) is 6.31. The van der Waals surface area contributed by atoms with Crippen LogP contribution < -0.4 is 10.5 Å². The number of hydrogen-bond acceptors (Lipinski definition) is 2. The van der Waals surface area contributed by atoms with E-state index in [1.54, 1.807) is 0 Å². The summed E-state index contributed by atoms with van der Waals surface area (Å²) >= 11 is 0. The molecule has 1 aliphatic heterocycles. The molecule has 0 aromatic heterocycles. The molecule has 0 radical (unpaired) electrons. The summed E-state index contributed by atoms with van der Waals surface area (Å²) in [5.74, 6) is 3.41. The van der Waals surface area contributed by atoms with Crippen molar-refractivity contribution in [3.8, 4) is 18.1 Å². The zero-order valence-corrected chi connectivity index (χ0v) is 7.29. The van der Waals surface area contributed by atoms with Crippen LogP contribution in [0, 0.1) is 12.3 Å². The number of terminal acetylenes is 1. The van der Waals surface area contributed by atoms with Crippen LogP contribution in [0.2, 0.25) is 0 Å². The van der Waals surface area contributed by atoms with Crippen LogP contribution in [0.15, 0.2) is 18.2 Å². The molecule has 0 saturated heterocycles. The summed E-state index contributed by atoms with van der Waals surface area (Å²) in [4.78, 5) is 0. The molecule has 0 saturated carbocycles. The molecule has 0 unspecified atom stereocenters. The monoisotopic (exact) mass is 173 g/mol. The van der Waals surface area contributed by atoms with Crippen molar-refractivity contribution in [3.05, 3.63) is 29.3 Å². The van der Waals surface area contributed by atoms with Gasteiger partial charge in [-0.1, -0.05) is 12.0 Å². The van der Waals surface area contributed by atoms with Gasteiger partial charge in [0.05, 0.1) is 6.61 Å². The number of hydrogen-bond donors (Lipinski definition) is 1. The Kier molecular flexibility index (Phi) is 1.96. The molecule has 1 heterocycles. The van der Waals surface area contributed by atoms with Crippen molar-refractivity contribution >= 4 is 0 Å². The molecule has 0 aliphatic carbocycles. The van der Waals surface area contributed by atoms with Crippen LogP contribution in [0.1, 0.15) is 23.6 Å². The molecule has 2 heteroatoms. The molecule has 2 nitrogen and oxygen atoms in total. The van der Waals surface area contributed by atoms with E-state index in [4.69, 9.17) is 16.9 Å². The lowest BCUT2D eigenvalue weighted by molar-refractivity contribution is 0.269. The molecule has 66 valence electrons. The average Bonchev–Trinajstić information content (AvgIpc) is 2.18. The standard InChI is InChI=1S/C11H11NO/c1-2-8-3-4-9-10(12)5-6-13-11(9)7-8/h1,3-4,7,10H,5-6,12H2/t10-/m0/s1. The fourth-order valence-corrected chi connectivity index (χ4v) is 1.51. The number of ether oxygens (including phenoxy) is 1. The third kappa shape index (κ3) is 1.39. The van der Waals surface area contributed by atoms with Gasteiger partial charge in [0.25, 0.3) is 0 Å². The lowest BCUT2D eigenvalue weighted by Gasteiger charge is -2.22. The van der Waals surface area contributed by atoms with Crippen molar-refractivity contribution in [2.45, 2.75) is 12.5 Å². The van der Waals surface area contributed by atoms with Crippen molar-refractivity contribution in [3.63, 3.8) is 0 Å². The lowest BCUT2D eigenvalue weighted by atomic mass is 10.00. The number of fused-ring (bicyclic) bond motifs is 1. The highest BCUT2D eigenvalue weighted by Crippen LogP contribution is 2.30. The topological polar surface area (TPSA) is 35.2 Å². The Morgan fingerprint density at radius 2 is 2.38 bits per heavy atom. The van der Waals surface area contributed by atoms with Gasteiger partial charge >= 0.3 is 0 Å². The van der Waals surface area contributed by atoms with Crippen molar-refractivity contribution in [1.82, 2.24) is 0 Å². The van der Waals surface area contributed by atoms with Gasteiger partial charge in [-0.25, -0.2) is 0 Å². The Balaban J connectivity index is 2.47. The summed E-state index contributed by atoms with van der Waals surface area (Å²) in [6.07, 6.45) is 6.16. The fraction of sp³-hybridized carbons (Fsp3) is 0.273. The molecule has 0 spiro atoms.